The molecule has 0 aromatic heterocycles. The Morgan fingerprint density at radius 2 is 2.00 bits per heavy atom. The van der Waals surface area contributed by atoms with Gasteiger partial charge in [-0.15, -0.1) is 0 Å². The molecule has 1 aliphatic rings. The predicted octanol–water partition coefficient (Wildman–Crippen LogP) is 2.84. The minimum absolute atomic E-state index is 0.188. The number of halogens is 2. The van der Waals surface area contributed by atoms with Gasteiger partial charge in [-0.05, 0) is 32.0 Å². The fraction of sp³-hybridized carbons (Fsp3) is 0.600. The first-order chi connectivity index (χ1) is 9.94. The van der Waals surface area contributed by atoms with Crippen molar-refractivity contribution in [3.63, 3.8) is 0 Å². The highest BCUT2D eigenvalue weighted by Gasteiger charge is 2.24. The van der Waals surface area contributed by atoms with Crippen molar-refractivity contribution in [1.82, 2.24) is 4.90 Å². The number of hydrogen-bond donors (Lipinski definition) is 1. The van der Waals surface area contributed by atoms with Gasteiger partial charge in [-0.25, -0.2) is 0 Å². The lowest BCUT2D eigenvalue weighted by Gasteiger charge is -2.36. The van der Waals surface area contributed by atoms with Gasteiger partial charge >= 0.3 is 0 Å². The van der Waals surface area contributed by atoms with Crippen molar-refractivity contribution >= 4 is 23.2 Å². The molecule has 1 fully saturated rings. The predicted molar refractivity (Wildman–Crippen MR) is 84.4 cm³/mol. The molecule has 3 atom stereocenters. The van der Waals surface area contributed by atoms with Crippen LogP contribution in [0.15, 0.2) is 18.2 Å². The largest absolute Gasteiger partial charge is 0.489 e. The van der Waals surface area contributed by atoms with E-state index in [1.807, 2.05) is 13.8 Å². The Hall–Kier alpha value is -0.520. The maximum atomic E-state index is 10.1. The van der Waals surface area contributed by atoms with Gasteiger partial charge < -0.3 is 14.6 Å². The summed E-state index contributed by atoms with van der Waals surface area (Å²) in [4.78, 5) is 2.19. The molecule has 1 N–H and O–H groups in total. The normalized spacial score (nSPS) is 24.8. The summed E-state index contributed by atoms with van der Waals surface area (Å²) in [6, 6.07) is 5.03. The molecule has 0 aliphatic carbocycles. The number of nitrogens with zero attached hydrogens (tertiary/aromatic N) is 1. The molecule has 0 saturated carbocycles. The zero-order valence-corrected chi connectivity index (χ0v) is 13.8. The van der Waals surface area contributed by atoms with Crippen molar-refractivity contribution in [3.05, 3.63) is 28.2 Å². The van der Waals surface area contributed by atoms with E-state index in [1.54, 1.807) is 18.2 Å². The number of ether oxygens (including phenoxy) is 2. The lowest BCUT2D eigenvalue weighted by atomic mass is 10.2. The van der Waals surface area contributed by atoms with Crippen LogP contribution in [0.3, 0.4) is 0 Å². The molecule has 0 radical (unpaired) electrons. The SMILES string of the molecule is C[C@@H]1CN(C[C@H](O)COc2ccc(Cl)cc2Cl)C[C@@H](C)O1. The Labute approximate surface area is 135 Å². The van der Waals surface area contributed by atoms with Gasteiger partial charge in [-0.2, -0.15) is 0 Å². The Morgan fingerprint density at radius 3 is 2.62 bits per heavy atom. The fourth-order valence-corrected chi connectivity index (χ4v) is 3.03. The standard InChI is InChI=1S/C15H21Cl2NO3/c1-10-6-18(7-11(2)21-10)8-13(19)9-20-15-4-3-12(16)5-14(15)17/h3-5,10-11,13,19H,6-9H2,1-2H3/t10-,11-,13+/m1/s1. The molecular formula is C15H21Cl2NO3. The molecule has 1 aromatic rings. The van der Waals surface area contributed by atoms with Crippen molar-refractivity contribution in [2.75, 3.05) is 26.2 Å². The highest BCUT2D eigenvalue weighted by atomic mass is 35.5. The van der Waals surface area contributed by atoms with E-state index in [0.29, 0.717) is 22.3 Å². The molecule has 4 nitrogen and oxygen atoms in total. The van der Waals surface area contributed by atoms with Crippen LogP contribution in [0.25, 0.3) is 0 Å². The Bertz CT molecular complexity index is 462. The average Bonchev–Trinajstić information content (AvgIpc) is 2.36. The first-order valence-corrected chi connectivity index (χ1v) is 7.83. The van der Waals surface area contributed by atoms with E-state index < -0.39 is 6.10 Å². The van der Waals surface area contributed by atoms with E-state index in [0.717, 1.165) is 13.1 Å². The summed E-state index contributed by atoms with van der Waals surface area (Å²) in [7, 11) is 0. The summed E-state index contributed by atoms with van der Waals surface area (Å²) < 4.78 is 11.2. The molecule has 0 unspecified atom stereocenters. The minimum Gasteiger partial charge on any atom is -0.489 e. The molecule has 1 saturated heterocycles. The summed E-state index contributed by atoms with van der Waals surface area (Å²) in [6.45, 7) is 6.48. The zero-order valence-electron chi connectivity index (χ0n) is 12.3. The molecule has 1 aliphatic heterocycles. The van der Waals surface area contributed by atoms with Gasteiger partial charge in [0.2, 0.25) is 0 Å². The molecule has 0 amide bonds. The van der Waals surface area contributed by atoms with Gasteiger partial charge in [0, 0.05) is 24.7 Å². The smallest absolute Gasteiger partial charge is 0.138 e. The number of rotatable bonds is 5. The molecule has 21 heavy (non-hydrogen) atoms. The fourth-order valence-electron chi connectivity index (χ4n) is 2.56. The van der Waals surface area contributed by atoms with Crippen LogP contribution in [-0.4, -0.2) is 54.6 Å². The zero-order chi connectivity index (χ0) is 15.4. The summed E-state index contributed by atoms with van der Waals surface area (Å²) in [5.74, 6) is 0.531. The summed E-state index contributed by atoms with van der Waals surface area (Å²) >= 11 is 11.9. The number of hydrogen-bond acceptors (Lipinski definition) is 4. The molecule has 6 heteroatoms. The topological polar surface area (TPSA) is 41.9 Å². The van der Waals surface area contributed by atoms with Crippen LogP contribution in [0, 0.1) is 0 Å². The molecule has 1 aromatic carbocycles. The van der Waals surface area contributed by atoms with E-state index in [4.69, 9.17) is 32.7 Å². The average molecular weight is 334 g/mol. The number of β-amino-alcohol motifs (C(OH)–C–C–N with tert-alkyl or cyclic N) is 1. The molecule has 118 valence electrons. The van der Waals surface area contributed by atoms with Crippen molar-refractivity contribution in [1.29, 1.82) is 0 Å². The monoisotopic (exact) mass is 333 g/mol. The van der Waals surface area contributed by atoms with Crippen molar-refractivity contribution in [2.45, 2.75) is 32.2 Å². The van der Waals surface area contributed by atoms with Gasteiger partial charge in [-0.1, -0.05) is 23.2 Å². The van der Waals surface area contributed by atoms with Gasteiger partial charge in [0.1, 0.15) is 18.5 Å². The van der Waals surface area contributed by atoms with E-state index in [9.17, 15) is 5.11 Å². The van der Waals surface area contributed by atoms with E-state index in [2.05, 4.69) is 4.90 Å². The van der Waals surface area contributed by atoms with Crippen LogP contribution in [0.4, 0.5) is 0 Å². The van der Waals surface area contributed by atoms with Crippen LogP contribution < -0.4 is 4.74 Å². The number of benzene rings is 1. The van der Waals surface area contributed by atoms with E-state index in [-0.39, 0.29) is 18.8 Å². The maximum absolute atomic E-state index is 10.1. The van der Waals surface area contributed by atoms with Gasteiger partial charge in [0.15, 0.2) is 0 Å². The molecular weight excluding hydrogens is 313 g/mol. The van der Waals surface area contributed by atoms with Crippen molar-refractivity contribution in [3.8, 4) is 5.75 Å². The van der Waals surface area contributed by atoms with Crippen LogP contribution in [0.2, 0.25) is 10.0 Å². The van der Waals surface area contributed by atoms with Crippen LogP contribution in [-0.2, 0) is 4.74 Å². The van der Waals surface area contributed by atoms with Gasteiger partial charge in [0.05, 0.1) is 17.2 Å². The first-order valence-electron chi connectivity index (χ1n) is 7.07. The van der Waals surface area contributed by atoms with Crippen molar-refractivity contribution in [2.24, 2.45) is 0 Å². The third kappa shape index (κ3) is 5.31. The molecule has 1 heterocycles. The lowest BCUT2D eigenvalue weighted by Crippen LogP contribution is -2.48. The second kappa shape index (κ2) is 7.65. The van der Waals surface area contributed by atoms with E-state index in [1.165, 1.54) is 0 Å². The minimum atomic E-state index is -0.575. The summed E-state index contributed by atoms with van der Waals surface area (Å²) in [5.41, 5.74) is 0. The lowest BCUT2D eigenvalue weighted by molar-refractivity contribution is -0.0786. The number of aliphatic hydroxyl groups is 1. The Kier molecular flexibility index (Phi) is 6.14. The van der Waals surface area contributed by atoms with Crippen LogP contribution >= 0.6 is 23.2 Å². The summed E-state index contributed by atoms with van der Waals surface area (Å²) in [5, 5.41) is 11.1. The second-order valence-electron chi connectivity index (χ2n) is 5.52. The van der Waals surface area contributed by atoms with Gasteiger partial charge in [-0.3, -0.25) is 4.90 Å². The molecule has 2 rings (SSSR count). The highest BCUT2D eigenvalue weighted by Crippen LogP contribution is 2.27. The Morgan fingerprint density at radius 1 is 1.33 bits per heavy atom. The summed E-state index contributed by atoms with van der Waals surface area (Å²) in [6.07, 6.45) is -0.200. The van der Waals surface area contributed by atoms with Gasteiger partial charge in [0.25, 0.3) is 0 Å². The number of aliphatic hydroxyl groups excluding tert-OH is 1. The molecule has 0 spiro atoms. The Balaban J connectivity index is 1.80. The third-order valence-corrected chi connectivity index (χ3v) is 3.82. The molecule has 0 bridgehead atoms. The maximum Gasteiger partial charge on any atom is 0.138 e. The van der Waals surface area contributed by atoms with E-state index >= 15 is 0 Å². The number of morpholine rings is 1. The quantitative estimate of drug-likeness (QED) is 0.899. The second-order valence-corrected chi connectivity index (χ2v) is 6.36. The first kappa shape index (κ1) is 16.8. The highest BCUT2D eigenvalue weighted by molar-refractivity contribution is 6.35. The van der Waals surface area contributed by atoms with Crippen molar-refractivity contribution < 1.29 is 14.6 Å². The van der Waals surface area contributed by atoms with Crippen LogP contribution in [0.5, 0.6) is 5.75 Å². The third-order valence-electron chi connectivity index (χ3n) is 3.29. The van der Waals surface area contributed by atoms with Crippen LogP contribution in [0.1, 0.15) is 13.8 Å².